The van der Waals surface area contributed by atoms with E-state index in [1.807, 2.05) is 0 Å². The van der Waals surface area contributed by atoms with Gasteiger partial charge in [-0.25, -0.2) is 0 Å². The summed E-state index contributed by atoms with van der Waals surface area (Å²) in [6.45, 7) is 0.0438. The fourth-order valence-corrected chi connectivity index (χ4v) is 1.72. The zero-order valence-electron chi connectivity index (χ0n) is 8.24. The molecule has 0 saturated carbocycles. The first-order valence-corrected chi connectivity index (χ1v) is 5.15. The lowest BCUT2D eigenvalue weighted by Gasteiger charge is -2.14. The van der Waals surface area contributed by atoms with E-state index in [1.165, 1.54) is 7.11 Å². The SMILES string of the molecule is COc1ccc(Br)cc1C(CN)C(=O)O. The number of nitrogens with two attached hydrogens (primary N) is 1. The van der Waals surface area contributed by atoms with Crippen molar-refractivity contribution in [2.45, 2.75) is 5.92 Å². The number of carboxylic acids is 1. The molecule has 0 spiro atoms. The van der Waals surface area contributed by atoms with E-state index in [0.29, 0.717) is 11.3 Å². The third kappa shape index (κ3) is 2.70. The van der Waals surface area contributed by atoms with E-state index in [-0.39, 0.29) is 6.54 Å². The van der Waals surface area contributed by atoms with Crippen LogP contribution < -0.4 is 10.5 Å². The van der Waals surface area contributed by atoms with Crippen LogP contribution in [0, 0.1) is 0 Å². The molecule has 1 rings (SSSR count). The monoisotopic (exact) mass is 273 g/mol. The van der Waals surface area contributed by atoms with Crippen LogP contribution in [-0.2, 0) is 4.79 Å². The molecule has 0 bridgehead atoms. The molecule has 82 valence electrons. The van der Waals surface area contributed by atoms with E-state index in [1.54, 1.807) is 18.2 Å². The Morgan fingerprint density at radius 2 is 2.33 bits per heavy atom. The van der Waals surface area contributed by atoms with Crippen molar-refractivity contribution >= 4 is 21.9 Å². The number of benzene rings is 1. The summed E-state index contributed by atoms with van der Waals surface area (Å²) < 4.78 is 5.90. The van der Waals surface area contributed by atoms with Crippen LogP contribution in [0.3, 0.4) is 0 Å². The van der Waals surface area contributed by atoms with E-state index >= 15 is 0 Å². The second-order valence-corrected chi connectivity index (χ2v) is 3.93. The third-order valence-electron chi connectivity index (χ3n) is 2.10. The molecule has 0 heterocycles. The Labute approximate surface area is 96.2 Å². The maximum Gasteiger partial charge on any atom is 0.312 e. The van der Waals surface area contributed by atoms with Gasteiger partial charge in [-0.1, -0.05) is 15.9 Å². The Bertz CT molecular complexity index is 368. The molecular weight excluding hydrogens is 262 g/mol. The van der Waals surface area contributed by atoms with E-state index in [2.05, 4.69) is 15.9 Å². The maximum absolute atomic E-state index is 11.0. The fraction of sp³-hybridized carbons (Fsp3) is 0.300. The lowest BCUT2D eigenvalue weighted by molar-refractivity contribution is -0.138. The molecule has 0 radical (unpaired) electrons. The number of methoxy groups -OCH3 is 1. The zero-order chi connectivity index (χ0) is 11.4. The molecule has 1 unspecified atom stereocenters. The van der Waals surface area contributed by atoms with Gasteiger partial charge in [0.15, 0.2) is 0 Å². The van der Waals surface area contributed by atoms with Crippen molar-refractivity contribution in [2.24, 2.45) is 5.73 Å². The summed E-state index contributed by atoms with van der Waals surface area (Å²) in [5.41, 5.74) is 6.01. The zero-order valence-corrected chi connectivity index (χ0v) is 9.82. The van der Waals surface area contributed by atoms with Crippen molar-refractivity contribution in [3.8, 4) is 5.75 Å². The molecule has 15 heavy (non-hydrogen) atoms. The van der Waals surface area contributed by atoms with Crippen LogP contribution in [0.25, 0.3) is 0 Å². The molecule has 0 fully saturated rings. The Kier molecular flexibility index (Phi) is 4.11. The predicted molar refractivity (Wildman–Crippen MR) is 60.1 cm³/mol. The summed E-state index contributed by atoms with van der Waals surface area (Å²) in [5, 5.41) is 8.99. The van der Waals surface area contributed by atoms with Gasteiger partial charge in [-0.3, -0.25) is 4.79 Å². The van der Waals surface area contributed by atoms with Gasteiger partial charge in [-0.15, -0.1) is 0 Å². The second kappa shape index (κ2) is 5.14. The average Bonchev–Trinajstić information content (AvgIpc) is 2.18. The predicted octanol–water partition coefficient (Wildman–Crippen LogP) is 1.58. The largest absolute Gasteiger partial charge is 0.496 e. The van der Waals surface area contributed by atoms with Crippen molar-refractivity contribution in [1.29, 1.82) is 0 Å². The molecule has 1 atom stereocenters. The van der Waals surface area contributed by atoms with Crippen LogP contribution in [0.5, 0.6) is 5.75 Å². The Hall–Kier alpha value is -1.07. The van der Waals surface area contributed by atoms with Gasteiger partial charge < -0.3 is 15.6 Å². The number of hydrogen-bond donors (Lipinski definition) is 2. The highest BCUT2D eigenvalue weighted by atomic mass is 79.9. The first-order chi connectivity index (χ1) is 7.10. The minimum atomic E-state index is -0.950. The fourth-order valence-electron chi connectivity index (χ4n) is 1.34. The summed E-state index contributed by atoms with van der Waals surface area (Å²) in [4.78, 5) is 11.0. The molecule has 1 aromatic rings. The molecule has 4 nitrogen and oxygen atoms in total. The molecule has 1 aromatic carbocycles. The first-order valence-electron chi connectivity index (χ1n) is 4.36. The summed E-state index contributed by atoms with van der Waals surface area (Å²) >= 11 is 3.28. The van der Waals surface area contributed by atoms with Crippen molar-refractivity contribution in [1.82, 2.24) is 0 Å². The van der Waals surface area contributed by atoms with Gasteiger partial charge in [-0.05, 0) is 18.2 Å². The third-order valence-corrected chi connectivity index (χ3v) is 2.59. The Balaban J connectivity index is 3.19. The lowest BCUT2D eigenvalue weighted by atomic mass is 9.98. The molecule has 0 amide bonds. The number of ether oxygens (including phenoxy) is 1. The second-order valence-electron chi connectivity index (χ2n) is 3.01. The maximum atomic E-state index is 11.0. The Morgan fingerprint density at radius 1 is 1.67 bits per heavy atom. The van der Waals surface area contributed by atoms with Crippen molar-refractivity contribution < 1.29 is 14.6 Å². The van der Waals surface area contributed by atoms with Crippen LogP contribution in [0.2, 0.25) is 0 Å². The van der Waals surface area contributed by atoms with Gasteiger partial charge in [0.25, 0.3) is 0 Å². The smallest absolute Gasteiger partial charge is 0.312 e. The van der Waals surface area contributed by atoms with Crippen molar-refractivity contribution in [2.75, 3.05) is 13.7 Å². The normalized spacial score (nSPS) is 12.2. The molecule has 0 aliphatic carbocycles. The first kappa shape index (κ1) is 12.0. The summed E-state index contributed by atoms with van der Waals surface area (Å²) in [7, 11) is 1.50. The molecule has 0 aliphatic heterocycles. The van der Waals surface area contributed by atoms with Crippen LogP contribution in [-0.4, -0.2) is 24.7 Å². The van der Waals surface area contributed by atoms with Crippen LogP contribution in [0.4, 0.5) is 0 Å². The van der Waals surface area contributed by atoms with Crippen molar-refractivity contribution in [3.63, 3.8) is 0 Å². The topological polar surface area (TPSA) is 72.5 Å². The number of carboxylic acid groups (broad SMARTS) is 1. The van der Waals surface area contributed by atoms with E-state index in [9.17, 15) is 4.79 Å². The summed E-state index contributed by atoms with van der Waals surface area (Å²) in [6, 6.07) is 5.22. The van der Waals surface area contributed by atoms with Gasteiger partial charge in [0, 0.05) is 16.6 Å². The number of carbonyl (C=O) groups is 1. The molecule has 5 heteroatoms. The minimum absolute atomic E-state index is 0.0438. The molecule has 0 aromatic heterocycles. The van der Waals surface area contributed by atoms with Gasteiger partial charge in [0.1, 0.15) is 5.75 Å². The number of halogens is 1. The lowest BCUT2D eigenvalue weighted by Crippen LogP contribution is -2.21. The highest BCUT2D eigenvalue weighted by Crippen LogP contribution is 2.29. The number of rotatable bonds is 4. The van der Waals surface area contributed by atoms with Gasteiger partial charge in [0.05, 0.1) is 13.0 Å². The van der Waals surface area contributed by atoms with E-state index in [4.69, 9.17) is 15.6 Å². The molecule has 3 N–H and O–H groups in total. The quantitative estimate of drug-likeness (QED) is 0.874. The van der Waals surface area contributed by atoms with E-state index < -0.39 is 11.9 Å². The highest BCUT2D eigenvalue weighted by Gasteiger charge is 2.21. The number of hydrogen-bond acceptors (Lipinski definition) is 3. The average molecular weight is 274 g/mol. The Morgan fingerprint density at radius 3 is 2.80 bits per heavy atom. The molecule has 0 aliphatic rings. The molecular formula is C10H12BrNO3. The van der Waals surface area contributed by atoms with Crippen LogP contribution in [0.15, 0.2) is 22.7 Å². The minimum Gasteiger partial charge on any atom is -0.496 e. The van der Waals surface area contributed by atoms with E-state index in [0.717, 1.165) is 4.47 Å². The summed E-state index contributed by atoms with van der Waals surface area (Å²) in [6.07, 6.45) is 0. The van der Waals surface area contributed by atoms with Gasteiger partial charge in [-0.2, -0.15) is 0 Å². The highest BCUT2D eigenvalue weighted by molar-refractivity contribution is 9.10. The standard InChI is InChI=1S/C10H12BrNO3/c1-15-9-3-2-6(11)4-7(9)8(5-12)10(13)14/h2-4,8H,5,12H2,1H3,(H,13,14). The van der Waals surface area contributed by atoms with Crippen molar-refractivity contribution in [3.05, 3.63) is 28.2 Å². The van der Waals surface area contributed by atoms with Crippen LogP contribution in [0.1, 0.15) is 11.5 Å². The summed E-state index contributed by atoms with van der Waals surface area (Å²) in [5.74, 6) is -1.15. The van der Waals surface area contributed by atoms with Gasteiger partial charge >= 0.3 is 5.97 Å². The van der Waals surface area contributed by atoms with Gasteiger partial charge in [0.2, 0.25) is 0 Å². The molecule has 0 saturated heterocycles. The van der Waals surface area contributed by atoms with Crippen LogP contribution >= 0.6 is 15.9 Å². The number of aliphatic carboxylic acids is 1.